The molecule has 1 aromatic carbocycles. The molecule has 1 fully saturated rings. The number of furan rings is 1. The highest BCUT2D eigenvalue weighted by Crippen LogP contribution is 2.32. The first-order valence-corrected chi connectivity index (χ1v) is 10.8. The summed E-state index contributed by atoms with van der Waals surface area (Å²) >= 11 is 1.28. The first-order chi connectivity index (χ1) is 15.6. The minimum Gasteiger partial charge on any atom is -0.459 e. The second-order valence-corrected chi connectivity index (χ2v) is 8.27. The van der Waals surface area contributed by atoms with Crippen LogP contribution in [0.1, 0.15) is 15.4 Å². The molecule has 32 heavy (non-hydrogen) atoms. The first kappa shape index (κ1) is 20.0. The number of rotatable bonds is 4. The smallest absolute Gasteiger partial charge is 0.266 e. The monoisotopic (exact) mass is 448 g/mol. The molecular formula is C23H17FN4O3S. The number of carbonyl (C=O) groups excluding carboxylic acids is 1. The SMILES string of the molecule is N#Cc1nc(-c2ccco2)oc1N1CCN(C(=O)c2ccc(-c3ccccc3F)s2)CC1. The lowest BCUT2D eigenvalue weighted by molar-refractivity contribution is 0.0750. The van der Waals surface area contributed by atoms with Crippen molar-refractivity contribution in [3.8, 4) is 28.2 Å². The van der Waals surface area contributed by atoms with Crippen LogP contribution in [0.15, 0.2) is 63.6 Å². The van der Waals surface area contributed by atoms with Crippen molar-refractivity contribution in [1.82, 2.24) is 9.88 Å². The molecule has 7 nitrogen and oxygen atoms in total. The van der Waals surface area contributed by atoms with Crippen molar-refractivity contribution >= 4 is 23.1 Å². The highest BCUT2D eigenvalue weighted by Gasteiger charge is 2.28. The molecule has 0 N–H and O–H groups in total. The standard InChI is InChI=1S/C23H17FN4O3S/c24-16-5-2-1-4-15(16)19-7-8-20(32-19)22(29)27-9-11-28(12-10-27)23-17(14-25)26-21(31-23)18-6-3-13-30-18/h1-8,13H,9-12H2. The van der Waals surface area contributed by atoms with Crippen LogP contribution in [0.25, 0.3) is 22.1 Å². The number of anilines is 1. The maximum Gasteiger partial charge on any atom is 0.266 e. The van der Waals surface area contributed by atoms with Crippen molar-refractivity contribution in [1.29, 1.82) is 5.26 Å². The Hall–Kier alpha value is -3.90. The third-order valence-electron chi connectivity index (χ3n) is 5.26. The second-order valence-electron chi connectivity index (χ2n) is 7.18. The third-order valence-corrected chi connectivity index (χ3v) is 6.36. The van der Waals surface area contributed by atoms with Gasteiger partial charge in [-0.3, -0.25) is 4.79 Å². The Bertz CT molecular complexity index is 1300. The molecule has 1 aliphatic heterocycles. The van der Waals surface area contributed by atoms with Gasteiger partial charge in [-0.15, -0.1) is 11.3 Å². The summed E-state index contributed by atoms with van der Waals surface area (Å²) in [5, 5.41) is 9.44. The van der Waals surface area contributed by atoms with E-state index in [0.29, 0.717) is 48.3 Å². The lowest BCUT2D eigenvalue weighted by Gasteiger charge is -2.34. The van der Waals surface area contributed by atoms with E-state index in [0.717, 1.165) is 4.88 Å². The number of nitrogens with zero attached hydrogens (tertiary/aromatic N) is 4. The van der Waals surface area contributed by atoms with Crippen molar-refractivity contribution < 1.29 is 18.0 Å². The number of amides is 1. The molecule has 3 aromatic heterocycles. The summed E-state index contributed by atoms with van der Waals surface area (Å²) < 4.78 is 25.2. The molecule has 0 unspecified atom stereocenters. The summed E-state index contributed by atoms with van der Waals surface area (Å²) in [5.74, 6) is 0.677. The van der Waals surface area contributed by atoms with Gasteiger partial charge in [0.05, 0.1) is 11.1 Å². The molecule has 0 saturated carbocycles. The minimum absolute atomic E-state index is 0.0911. The zero-order chi connectivity index (χ0) is 22.1. The van der Waals surface area contributed by atoms with Crippen LogP contribution >= 0.6 is 11.3 Å². The molecule has 4 heterocycles. The van der Waals surface area contributed by atoms with Crippen molar-refractivity contribution in [2.45, 2.75) is 0 Å². The van der Waals surface area contributed by atoms with Gasteiger partial charge in [-0.1, -0.05) is 18.2 Å². The van der Waals surface area contributed by atoms with E-state index in [2.05, 4.69) is 11.1 Å². The maximum absolute atomic E-state index is 14.1. The molecule has 4 aromatic rings. The lowest BCUT2D eigenvalue weighted by Crippen LogP contribution is -2.48. The van der Waals surface area contributed by atoms with Crippen LogP contribution in [0.2, 0.25) is 0 Å². The topological polar surface area (TPSA) is 86.5 Å². The van der Waals surface area contributed by atoms with E-state index in [1.54, 1.807) is 47.4 Å². The fourth-order valence-electron chi connectivity index (χ4n) is 3.63. The Labute approximate surface area is 186 Å². The predicted molar refractivity (Wildman–Crippen MR) is 117 cm³/mol. The predicted octanol–water partition coefficient (Wildman–Crippen LogP) is 4.64. The number of hydrogen-bond acceptors (Lipinski definition) is 7. The molecule has 5 rings (SSSR count). The van der Waals surface area contributed by atoms with Crippen LogP contribution in [0.4, 0.5) is 10.3 Å². The highest BCUT2D eigenvalue weighted by atomic mass is 32.1. The average molecular weight is 448 g/mol. The molecule has 0 atom stereocenters. The number of oxazole rings is 1. The second kappa shape index (κ2) is 8.32. The molecule has 0 aliphatic carbocycles. The van der Waals surface area contributed by atoms with E-state index < -0.39 is 0 Å². The lowest BCUT2D eigenvalue weighted by atomic mass is 10.2. The summed E-state index contributed by atoms with van der Waals surface area (Å²) in [4.78, 5) is 22.1. The Morgan fingerprint density at radius 1 is 1.09 bits per heavy atom. The number of aromatic nitrogens is 1. The zero-order valence-corrected chi connectivity index (χ0v) is 17.6. The number of benzene rings is 1. The molecular weight excluding hydrogens is 431 g/mol. The van der Waals surface area contributed by atoms with E-state index in [4.69, 9.17) is 8.83 Å². The molecule has 1 amide bonds. The first-order valence-electron chi connectivity index (χ1n) is 9.98. The molecule has 1 aliphatic rings. The number of hydrogen-bond donors (Lipinski definition) is 0. The van der Waals surface area contributed by atoms with Crippen LogP contribution < -0.4 is 4.90 Å². The molecule has 9 heteroatoms. The van der Waals surface area contributed by atoms with Gasteiger partial charge in [-0.2, -0.15) is 10.2 Å². The fourth-order valence-corrected chi connectivity index (χ4v) is 4.63. The van der Waals surface area contributed by atoms with E-state index in [-0.39, 0.29) is 23.3 Å². The maximum atomic E-state index is 14.1. The summed E-state index contributed by atoms with van der Waals surface area (Å²) in [6.07, 6.45) is 1.51. The van der Waals surface area contributed by atoms with Crippen LogP contribution in [0, 0.1) is 17.1 Å². The van der Waals surface area contributed by atoms with Crippen molar-refractivity contribution in [3.05, 3.63) is 71.2 Å². The summed E-state index contributed by atoms with van der Waals surface area (Å²) in [7, 11) is 0. The molecule has 0 radical (unpaired) electrons. The van der Waals surface area contributed by atoms with Crippen LogP contribution in [0.3, 0.4) is 0 Å². The van der Waals surface area contributed by atoms with E-state index in [9.17, 15) is 14.4 Å². The van der Waals surface area contributed by atoms with Crippen LogP contribution in [-0.4, -0.2) is 42.0 Å². The normalized spacial score (nSPS) is 13.9. The molecule has 160 valence electrons. The van der Waals surface area contributed by atoms with Gasteiger partial charge in [0.15, 0.2) is 5.76 Å². The van der Waals surface area contributed by atoms with Crippen molar-refractivity contribution in [2.24, 2.45) is 0 Å². The summed E-state index contributed by atoms with van der Waals surface area (Å²) in [6.45, 7) is 1.93. The number of carbonyl (C=O) groups is 1. The highest BCUT2D eigenvalue weighted by molar-refractivity contribution is 7.17. The van der Waals surface area contributed by atoms with Gasteiger partial charge >= 0.3 is 0 Å². The Morgan fingerprint density at radius 3 is 2.62 bits per heavy atom. The van der Waals surface area contributed by atoms with Gasteiger partial charge in [0.2, 0.25) is 11.6 Å². The molecule has 0 spiro atoms. The minimum atomic E-state index is -0.309. The molecule has 0 bridgehead atoms. The Balaban J connectivity index is 1.28. The average Bonchev–Trinajstić information content (AvgIpc) is 3.59. The number of thiophene rings is 1. The zero-order valence-electron chi connectivity index (χ0n) is 16.8. The quantitative estimate of drug-likeness (QED) is 0.452. The third kappa shape index (κ3) is 3.65. The summed E-state index contributed by atoms with van der Waals surface area (Å²) in [6, 6.07) is 15.5. The van der Waals surface area contributed by atoms with Gasteiger partial charge < -0.3 is 18.6 Å². The fraction of sp³-hybridized carbons (Fsp3) is 0.174. The van der Waals surface area contributed by atoms with E-state index in [1.807, 2.05) is 4.90 Å². The van der Waals surface area contributed by atoms with Gasteiger partial charge in [0.25, 0.3) is 11.8 Å². The number of piperazine rings is 1. The van der Waals surface area contributed by atoms with E-state index >= 15 is 0 Å². The molecule has 1 saturated heterocycles. The van der Waals surface area contributed by atoms with Crippen molar-refractivity contribution in [2.75, 3.05) is 31.1 Å². The van der Waals surface area contributed by atoms with Crippen LogP contribution in [0.5, 0.6) is 0 Å². The van der Waals surface area contributed by atoms with Gasteiger partial charge in [-0.05, 0) is 30.3 Å². The Kier molecular flexibility index (Phi) is 5.21. The number of nitriles is 1. The van der Waals surface area contributed by atoms with Crippen LogP contribution in [-0.2, 0) is 0 Å². The van der Waals surface area contributed by atoms with E-state index in [1.165, 1.54) is 23.7 Å². The largest absolute Gasteiger partial charge is 0.459 e. The van der Waals surface area contributed by atoms with Gasteiger partial charge in [0, 0.05) is 36.6 Å². The van der Waals surface area contributed by atoms with Gasteiger partial charge in [0.1, 0.15) is 11.9 Å². The summed E-state index contributed by atoms with van der Waals surface area (Å²) in [5.41, 5.74) is 0.673. The van der Waals surface area contributed by atoms with Crippen molar-refractivity contribution in [3.63, 3.8) is 0 Å². The number of halogens is 1. The Morgan fingerprint density at radius 2 is 1.91 bits per heavy atom. The van der Waals surface area contributed by atoms with Gasteiger partial charge in [-0.25, -0.2) is 4.39 Å².